The molecule has 5 nitrogen and oxygen atoms in total. The second-order valence-corrected chi connectivity index (χ2v) is 6.10. The van der Waals surface area contributed by atoms with Crippen molar-refractivity contribution >= 4 is 7.60 Å². The van der Waals surface area contributed by atoms with E-state index in [0.29, 0.717) is 12.8 Å². The summed E-state index contributed by atoms with van der Waals surface area (Å²) in [6.45, 7) is 2.76. The first kappa shape index (κ1) is 16.1. The fourth-order valence-corrected chi connectivity index (χ4v) is 2.89. The van der Waals surface area contributed by atoms with E-state index >= 15 is 0 Å². The zero-order valence-corrected chi connectivity index (χ0v) is 11.0. The summed E-state index contributed by atoms with van der Waals surface area (Å²) in [5.41, 5.74) is 2.15. The van der Waals surface area contributed by atoms with Crippen molar-refractivity contribution in [3.05, 3.63) is 0 Å². The second-order valence-electron chi connectivity index (χ2n) is 4.19. The summed E-state index contributed by atoms with van der Waals surface area (Å²) < 4.78 is 11.2. The van der Waals surface area contributed by atoms with E-state index in [1.165, 1.54) is 0 Å². The van der Waals surface area contributed by atoms with Crippen LogP contribution in [0.4, 0.5) is 0 Å². The quantitative estimate of drug-likeness (QED) is 0.205. The fraction of sp³-hybridized carbons (Fsp3) is 1.00. The van der Waals surface area contributed by atoms with Crippen LogP contribution in [0.1, 0.15) is 51.9 Å². The molecule has 0 radical (unpaired) electrons. The van der Waals surface area contributed by atoms with Gasteiger partial charge in [-0.25, -0.2) is 0 Å². The van der Waals surface area contributed by atoms with E-state index in [9.17, 15) is 4.57 Å². The molecule has 0 aromatic heterocycles. The highest BCUT2D eigenvalue weighted by atomic mass is 31.2. The Balaban J connectivity index is 3.65. The van der Waals surface area contributed by atoms with Gasteiger partial charge in [-0.3, -0.25) is 15.8 Å². The average molecular weight is 252 g/mol. The van der Waals surface area contributed by atoms with Crippen LogP contribution in [0, 0.1) is 0 Å². The first-order chi connectivity index (χ1) is 7.52. The monoisotopic (exact) mass is 252 g/mol. The van der Waals surface area contributed by atoms with E-state index in [1.807, 2.05) is 6.92 Å². The predicted molar refractivity (Wildman–Crippen MR) is 66.0 cm³/mol. The molecule has 5 N–H and O–H groups in total. The van der Waals surface area contributed by atoms with Crippen LogP contribution in [0.5, 0.6) is 0 Å². The van der Waals surface area contributed by atoms with Crippen molar-refractivity contribution in [1.82, 2.24) is 5.43 Å². The molecular formula is C10H25N2O3P. The van der Waals surface area contributed by atoms with Gasteiger partial charge in [0, 0.05) is 6.54 Å². The summed E-state index contributed by atoms with van der Waals surface area (Å²) in [5.74, 6) is 5.14. The number of rotatable bonds is 10. The highest BCUT2D eigenvalue weighted by Gasteiger charge is 2.26. The Labute approximate surface area is 97.9 Å². The normalized spacial score (nSPS) is 14.0. The van der Waals surface area contributed by atoms with Gasteiger partial charge >= 0.3 is 7.60 Å². The summed E-state index contributed by atoms with van der Waals surface area (Å²) in [4.78, 5) is 18.3. The average Bonchev–Trinajstić information content (AvgIpc) is 2.20. The summed E-state index contributed by atoms with van der Waals surface area (Å²) >= 11 is 0. The van der Waals surface area contributed by atoms with Crippen molar-refractivity contribution in [1.29, 1.82) is 0 Å². The van der Waals surface area contributed by atoms with Crippen LogP contribution in [0.2, 0.25) is 0 Å². The van der Waals surface area contributed by atoms with E-state index in [4.69, 9.17) is 15.6 Å². The maximum Gasteiger partial charge on any atom is 0.328 e. The van der Waals surface area contributed by atoms with Crippen molar-refractivity contribution in [2.24, 2.45) is 5.84 Å². The van der Waals surface area contributed by atoms with Crippen molar-refractivity contribution in [2.75, 3.05) is 6.54 Å². The van der Waals surface area contributed by atoms with Crippen LogP contribution in [-0.4, -0.2) is 22.0 Å². The topological polar surface area (TPSA) is 95.6 Å². The Morgan fingerprint density at radius 2 is 1.81 bits per heavy atom. The molecule has 0 spiro atoms. The molecule has 0 heterocycles. The molecule has 6 heteroatoms. The smallest absolute Gasteiger partial charge is 0.324 e. The molecule has 0 aliphatic rings. The van der Waals surface area contributed by atoms with Gasteiger partial charge < -0.3 is 9.79 Å². The molecule has 0 aliphatic carbocycles. The molecule has 16 heavy (non-hydrogen) atoms. The molecule has 0 saturated carbocycles. The van der Waals surface area contributed by atoms with Crippen LogP contribution < -0.4 is 11.3 Å². The van der Waals surface area contributed by atoms with Crippen LogP contribution in [0.25, 0.3) is 0 Å². The van der Waals surface area contributed by atoms with Gasteiger partial charge in [-0.1, -0.05) is 32.6 Å². The van der Waals surface area contributed by atoms with E-state index in [1.54, 1.807) is 0 Å². The zero-order valence-electron chi connectivity index (χ0n) is 10.1. The third-order valence-corrected chi connectivity index (χ3v) is 4.17. The molecule has 1 atom stereocenters. The number of hydrazine groups is 1. The maximum absolute atomic E-state index is 11.2. The lowest BCUT2D eigenvalue weighted by Gasteiger charge is -2.17. The Morgan fingerprint density at radius 1 is 1.19 bits per heavy atom. The van der Waals surface area contributed by atoms with Crippen molar-refractivity contribution in [3.63, 3.8) is 0 Å². The minimum Gasteiger partial charge on any atom is -0.324 e. The lowest BCUT2D eigenvalue weighted by atomic mass is 10.1. The SMILES string of the molecule is CCCC(CCCCCCNN)P(=O)(O)O. The lowest BCUT2D eigenvalue weighted by Crippen LogP contribution is -2.22. The highest BCUT2D eigenvalue weighted by molar-refractivity contribution is 7.52. The van der Waals surface area contributed by atoms with Gasteiger partial charge in [-0.15, -0.1) is 0 Å². The molecule has 0 fully saturated rings. The number of hydrogen-bond acceptors (Lipinski definition) is 3. The van der Waals surface area contributed by atoms with Crippen LogP contribution in [-0.2, 0) is 4.57 Å². The molecule has 0 aliphatic heterocycles. The van der Waals surface area contributed by atoms with Crippen LogP contribution in [0.15, 0.2) is 0 Å². The zero-order chi connectivity index (χ0) is 12.4. The summed E-state index contributed by atoms with van der Waals surface area (Å²) in [7, 11) is -3.89. The van der Waals surface area contributed by atoms with Gasteiger partial charge in [0.05, 0.1) is 5.66 Å². The van der Waals surface area contributed by atoms with Gasteiger partial charge in [0.15, 0.2) is 0 Å². The lowest BCUT2D eigenvalue weighted by molar-refractivity contribution is 0.347. The second kappa shape index (κ2) is 9.14. The van der Waals surface area contributed by atoms with E-state index in [0.717, 1.165) is 38.6 Å². The summed E-state index contributed by atoms with van der Waals surface area (Å²) in [5, 5.41) is 0. The molecule has 0 bridgehead atoms. The third-order valence-electron chi connectivity index (χ3n) is 2.71. The van der Waals surface area contributed by atoms with Gasteiger partial charge in [0.1, 0.15) is 0 Å². The van der Waals surface area contributed by atoms with Crippen molar-refractivity contribution < 1.29 is 14.4 Å². The van der Waals surface area contributed by atoms with Crippen molar-refractivity contribution in [2.45, 2.75) is 57.5 Å². The minimum absolute atomic E-state index is 0.440. The molecule has 0 amide bonds. The first-order valence-electron chi connectivity index (χ1n) is 6.01. The van der Waals surface area contributed by atoms with E-state index in [-0.39, 0.29) is 0 Å². The van der Waals surface area contributed by atoms with Gasteiger partial charge in [-0.2, -0.15) is 0 Å². The predicted octanol–water partition coefficient (Wildman–Crippen LogP) is 1.75. The summed E-state index contributed by atoms with van der Waals surface area (Å²) in [6, 6.07) is 0. The van der Waals surface area contributed by atoms with Gasteiger partial charge in [0.2, 0.25) is 0 Å². The van der Waals surface area contributed by atoms with E-state index < -0.39 is 13.3 Å². The van der Waals surface area contributed by atoms with E-state index in [2.05, 4.69) is 5.43 Å². The van der Waals surface area contributed by atoms with Crippen molar-refractivity contribution in [3.8, 4) is 0 Å². The number of hydrogen-bond donors (Lipinski definition) is 4. The number of nitrogens with one attached hydrogen (secondary N) is 1. The molecule has 98 valence electrons. The standard InChI is InChI=1S/C10H25N2O3P/c1-2-7-10(16(13,14)15)8-5-3-4-6-9-12-11/h10,12H,2-9,11H2,1H3,(H2,13,14,15). The highest BCUT2D eigenvalue weighted by Crippen LogP contribution is 2.45. The van der Waals surface area contributed by atoms with Gasteiger partial charge in [-0.05, 0) is 19.3 Å². The molecular weight excluding hydrogens is 227 g/mol. The Hall–Kier alpha value is 0.0700. The van der Waals surface area contributed by atoms with Crippen LogP contribution in [0.3, 0.4) is 0 Å². The van der Waals surface area contributed by atoms with Crippen LogP contribution >= 0.6 is 7.60 Å². The Kier molecular flexibility index (Phi) is 9.18. The number of unbranched alkanes of at least 4 members (excludes halogenated alkanes) is 3. The minimum atomic E-state index is -3.89. The summed E-state index contributed by atoms with van der Waals surface area (Å²) in [6.07, 6.45) is 6.06. The Bertz CT molecular complexity index is 208. The third kappa shape index (κ3) is 8.25. The fourth-order valence-electron chi connectivity index (χ4n) is 1.77. The first-order valence-corrected chi connectivity index (χ1v) is 7.69. The molecule has 0 rings (SSSR count). The Morgan fingerprint density at radius 3 is 2.31 bits per heavy atom. The molecule has 0 aromatic rings. The molecule has 1 unspecified atom stereocenters. The largest absolute Gasteiger partial charge is 0.328 e. The molecule has 0 aromatic carbocycles. The molecule has 0 saturated heterocycles. The maximum atomic E-state index is 11.2. The number of nitrogens with two attached hydrogens (primary N) is 1. The van der Waals surface area contributed by atoms with Gasteiger partial charge in [0.25, 0.3) is 0 Å².